The van der Waals surface area contributed by atoms with E-state index < -0.39 is 10.2 Å². The van der Waals surface area contributed by atoms with Crippen LogP contribution in [0.2, 0.25) is 0 Å². The highest BCUT2D eigenvalue weighted by atomic mass is 35.7. The van der Waals surface area contributed by atoms with Gasteiger partial charge in [-0.3, -0.25) is 0 Å². The van der Waals surface area contributed by atoms with Crippen molar-refractivity contribution in [1.29, 1.82) is 0 Å². The van der Waals surface area contributed by atoms with Crippen molar-refractivity contribution in [2.75, 3.05) is 6.61 Å². The molecule has 0 heterocycles. The van der Waals surface area contributed by atoms with Crippen LogP contribution in [0.5, 0.6) is 0 Å². The highest BCUT2D eigenvalue weighted by Crippen LogP contribution is 1.49. The van der Waals surface area contributed by atoms with E-state index in [4.69, 9.17) is 23.7 Å². The van der Waals surface area contributed by atoms with E-state index >= 15 is 0 Å². The Bertz CT molecular complexity index is 38.7. The number of hydrogen-bond donors (Lipinski definition) is 2. The molecule has 0 aliphatic carbocycles. The van der Waals surface area contributed by atoms with Gasteiger partial charge in [0.05, 0.1) is 0 Å². The van der Waals surface area contributed by atoms with Gasteiger partial charge in [0.1, 0.15) is 0 Å². The van der Waals surface area contributed by atoms with Crippen LogP contribution in [-0.2, 0) is 0 Å². The summed E-state index contributed by atoms with van der Waals surface area (Å²) in [5.74, 6) is 0. The summed E-state index contributed by atoms with van der Waals surface area (Å²) in [7, 11) is -4.94. The number of aliphatic hydroxyl groups excluding tert-OH is 1. The Labute approximate surface area is 54.7 Å². The van der Waals surface area contributed by atoms with E-state index in [1.165, 1.54) is 0 Å². The molecule has 6 nitrogen and oxygen atoms in total. The zero-order valence-corrected chi connectivity index (χ0v) is 5.92. The highest BCUT2D eigenvalue weighted by molar-refractivity contribution is 3.84. The van der Waals surface area contributed by atoms with Gasteiger partial charge in [0.15, 0.2) is 0 Å². The summed E-state index contributed by atoms with van der Waals surface area (Å²) < 4.78 is 34.0. The van der Waals surface area contributed by atoms with Gasteiger partial charge in [0.25, 0.3) is 0 Å². The standard InChI is InChI=1S/C2H6O.ClHO4.H3N/c1-2-3;2-1(3,4)5;/h3H,2H2,1H3;(H,2,3,4,5);1H3. The first kappa shape index (κ1) is 16.0. The second kappa shape index (κ2) is 8.05. The van der Waals surface area contributed by atoms with E-state index in [2.05, 4.69) is 0 Å². The molecule has 5 N–H and O–H groups in total. The van der Waals surface area contributed by atoms with Crippen LogP contribution in [0.4, 0.5) is 0 Å². The molecule has 0 rings (SSSR count). The van der Waals surface area contributed by atoms with Gasteiger partial charge in [-0.25, -0.2) is 18.6 Å². The molecule has 0 amide bonds. The summed E-state index contributed by atoms with van der Waals surface area (Å²) in [6.45, 7) is 1.93. The number of rotatable bonds is 0. The lowest BCUT2D eigenvalue weighted by molar-refractivity contribution is -2.00. The molecular formula is C2H10ClNO5. The van der Waals surface area contributed by atoms with Gasteiger partial charge in [-0.05, 0) is 6.92 Å². The molecule has 7 heteroatoms. The molecule has 0 saturated carbocycles. The molecule has 0 aromatic heterocycles. The molecule has 0 aromatic carbocycles. The van der Waals surface area contributed by atoms with E-state index in [0.29, 0.717) is 0 Å². The monoisotopic (exact) mass is 163 g/mol. The van der Waals surface area contributed by atoms with Gasteiger partial charge < -0.3 is 11.3 Å². The predicted molar refractivity (Wildman–Crippen MR) is 18.7 cm³/mol. The minimum absolute atomic E-state index is 0. The Hall–Kier alpha value is 0.0500. The number of halogens is 1. The number of aliphatic hydroxyl groups is 1. The van der Waals surface area contributed by atoms with E-state index in [1.807, 2.05) is 0 Å². The van der Waals surface area contributed by atoms with E-state index in [1.54, 1.807) is 6.92 Å². The lowest BCUT2D eigenvalue weighted by Gasteiger charge is -2.17. The summed E-state index contributed by atoms with van der Waals surface area (Å²) in [4.78, 5) is 0. The Morgan fingerprint density at radius 1 is 1.22 bits per heavy atom. The molecule has 0 unspecified atom stereocenters. The lowest BCUT2D eigenvalue weighted by atomic mass is 10.9. The fourth-order valence-electron chi connectivity index (χ4n) is 0. The zero-order chi connectivity index (χ0) is 7.21. The van der Waals surface area contributed by atoms with E-state index in [0.717, 1.165) is 0 Å². The van der Waals surface area contributed by atoms with Crippen molar-refractivity contribution in [2.24, 2.45) is 0 Å². The molecule has 9 heavy (non-hydrogen) atoms. The molecule has 0 radical (unpaired) electrons. The first-order valence-corrected chi connectivity index (χ1v) is 2.87. The zero-order valence-electron chi connectivity index (χ0n) is 5.17. The molecule has 0 aromatic rings. The lowest BCUT2D eigenvalue weighted by Crippen LogP contribution is -2.68. The van der Waals surface area contributed by atoms with E-state index in [9.17, 15) is 0 Å². The fraction of sp³-hybridized carbons (Fsp3) is 1.00. The second-order valence-electron chi connectivity index (χ2n) is 0.694. The van der Waals surface area contributed by atoms with Crippen LogP contribution in [0, 0.1) is 10.2 Å². The molecule has 0 atom stereocenters. The van der Waals surface area contributed by atoms with Crippen molar-refractivity contribution in [3.8, 4) is 0 Å². The second-order valence-corrected chi connectivity index (χ2v) is 1.45. The van der Waals surface area contributed by atoms with E-state index in [-0.39, 0.29) is 12.8 Å². The van der Waals surface area contributed by atoms with Crippen LogP contribution < -0.4 is 24.8 Å². The summed E-state index contributed by atoms with van der Waals surface area (Å²) in [6, 6.07) is 0. The maximum absolute atomic E-state index is 8.49. The SMILES string of the molecule is CCO.[NH4+].[O-][Cl+3]([O-])([O-])[O-]. The summed E-state index contributed by atoms with van der Waals surface area (Å²) in [5, 5.41) is 7.57. The van der Waals surface area contributed by atoms with Crippen molar-refractivity contribution < 1.29 is 34.0 Å². The average molecular weight is 164 g/mol. The molecule has 0 saturated heterocycles. The van der Waals surface area contributed by atoms with Gasteiger partial charge in [0.2, 0.25) is 0 Å². The normalized spacial score (nSPS) is 8.67. The highest BCUT2D eigenvalue weighted by Gasteiger charge is 1.84. The van der Waals surface area contributed by atoms with Crippen LogP contribution >= 0.6 is 0 Å². The van der Waals surface area contributed by atoms with Crippen molar-refractivity contribution in [2.45, 2.75) is 6.92 Å². The average Bonchev–Trinajstić information content (AvgIpc) is 1.27. The van der Waals surface area contributed by atoms with Gasteiger partial charge in [-0.15, -0.1) is 10.2 Å². The fourth-order valence-corrected chi connectivity index (χ4v) is 0. The van der Waals surface area contributed by atoms with Crippen LogP contribution in [0.3, 0.4) is 0 Å². The molecule has 0 aliphatic heterocycles. The van der Waals surface area contributed by atoms with Crippen molar-refractivity contribution >= 4 is 0 Å². The summed E-state index contributed by atoms with van der Waals surface area (Å²) in [5.41, 5.74) is 0. The van der Waals surface area contributed by atoms with Crippen LogP contribution in [0.15, 0.2) is 0 Å². The third-order valence-electron chi connectivity index (χ3n) is 0. The third-order valence-corrected chi connectivity index (χ3v) is 0. The van der Waals surface area contributed by atoms with Crippen LogP contribution in [0.25, 0.3) is 0 Å². The Morgan fingerprint density at radius 2 is 1.22 bits per heavy atom. The van der Waals surface area contributed by atoms with Gasteiger partial charge in [0, 0.05) is 6.61 Å². The van der Waals surface area contributed by atoms with Crippen molar-refractivity contribution in [1.82, 2.24) is 6.15 Å². The summed E-state index contributed by atoms with van der Waals surface area (Å²) in [6.07, 6.45) is 0. The predicted octanol–water partition coefficient (Wildman–Crippen LogP) is -4.38. The Morgan fingerprint density at radius 3 is 1.22 bits per heavy atom. The molecule has 0 fully saturated rings. The van der Waals surface area contributed by atoms with Gasteiger partial charge in [-0.2, -0.15) is 0 Å². The van der Waals surface area contributed by atoms with Gasteiger partial charge >= 0.3 is 0 Å². The molecular weight excluding hydrogens is 153 g/mol. The van der Waals surface area contributed by atoms with Crippen molar-refractivity contribution in [3.63, 3.8) is 0 Å². The number of quaternary nitrogens is 1. The quantitative estimate of drug-likeness (QED) is 0.370. The topological polar surface area (TPSA) is 149 Å². The maximum Gasteiger partial charge on any atom is 0.0402 e. The van der Waals surface area contributed by atoms with Crippen LogP contribution in [-0.4, -0.2) is 11.7 Å². The third kappa shape index (κ3) is 118000. The molecule has 0 spiro atoms. The summed E-state index contributed by atoms with van der Waals surface area (Å²) >= 11 is 0. The maximum atomic E-state index is 8.49. The van der Waals surface area contributed by atoms with Gasteiger partial charge in [-0.1, -0.05) is 0 Å². The van der Waals surface area contributed by atoms with Crippen LogP contribution in [0.1, 0.15) is 6.92 Å². The first-order chi connectivity index (χ1) is 3.41. The molecule has 60 valence electrons. The van der Waals surface area contributed by atoms with Crippen molar-refractivity contribution in [3.05, 3.63) is 0 Å². The smallest absolute Gasteiger partial charge is 0.0402 e. The Kier molecular flexibility index (Phi) is 14.3. The Balaban J connectivity index is -0.0000000800. The molecule has 0 aliphatic rings. The minimum Gasteiger partial charge on any atom is -0.397 e. The number of hydrogen-bond acceptors (Lipinski definition) is 5. The first-order valence-electron chi connectivity index (χ1n) is 1.64. The molecule has 0 bridgehead atoms. The largest absolute Gasteiger partial charge is 0.397 e. The minimum atomic E-state index is -4.94.